The second kappa shape index (κ2) is 12.9. The number of aliphatic hydroxyl groups excluding tert-OH is 1. The van der Waals surface area contributed by atoms with Crippen molar-refractivity contribution in [2.24, 2.45) is 0 Å². The van der Waals surface area contributed by atoms with Gasteiger partial charge in [0.05, 0.1) is 23.2 Å². The van der Waals surface area contributed by atoms with E-state index >= 15 is 0 Å². The Bertz CT molecular complexity index is 1560. The smallest absolute Gasteiger partial charge is 0.276 e. The minimum absolute atomic E-state index is 0.0549. The Kier molecular flexibility index (Phi) is 8.84. The first-order valence-corrected chi connectivity index (χ1v) is 13.5. The van der Waals surface area contributed by atoms with Crippen LogP contribution in [-0.4, -0.2) is 28.6 Å². The van der Waals surface area contributed by atoms with Crippen molar-refractivity contribution in [2.45, 2.75) is 32.7 Å². The van der Waals surface area contributed by atoms with Crippen LogP contribution in [0.25, 0.3) is 11.1 Å². The van der Waals surface area contributed by atoms with E-state index in [9.17, 15) is 9.90 Å². The van der Waals surface area contributed by atoms with Crippen LogP contribution < -0.4 is 20.3 Å². The number of carbonyl (C=O) groups is 1. The van der Waals surface area contributed by atoms with Gasteiger partial charge in [-0.3, -0.25) is 14.6 Å². The summed E-state index contributed by atoms with van der Waals surface area (Å²) in [5.41, 5.74) is 8.55. The molecule has 1 aromatic heterocycles. The normalized spacial score (nSPS) is 15.6. The predicted octanol–water partition coefficient (Wildman–Crippen LogP) is 6.07. The number of aliphatic hydroxyl groups is 1. The Morgan fingerprint density at radius 1 is 1.12 bits per heavy atom. The maximum absolute atomic E-state index is 12.5. The lowest BCUT2D eigenvalue weighted by Crippen LogP contribution is -2.38. The van der Waals surface area contributed by atoms with E-state index in [0.717, 1.165) is 27.8 Å². The molecule has 9 heteroatoms. The van der Waals surface area contributed by atoms with Crippen molar-refractivity contribution in [1.29, 1.82) is 0 Å². The summed E-state index contributed by atoms with van der Waals surface area (Å²) in [6, 6.07) is 20.9. The Hall–Kier alpha value is -4.37. The van der Waals surface area contributed by atoms with Crippen LogP contribution in [0.5, 0.6) is 11.5 Å². The van der Waals surface area contributed by atoms with Gasteiger partial charge in [0, 0.05) is 36.1 Å². The van der Waals surface area contributed by atoms with Crippen LogP contribution in [-0.2, 0) is 24.6 Å². The van der Waals surface area contributed by atoms with E-state index in [0.29, 0.717) is 34.3 Å². The van der Waals surface area contributed by atoms with E-state index in [1.54, 1.807) is 24.4 Å². The summed E-state index contributed by atoms with van der Waals surface area (Å²) in [7, 11) is 0. The van der Waals surface area contributed by atoms with Crippen molar-refractivity contribution < 1.29 is 24.2 Å². The summed E-state index contributed by atoms with van der Waals surface area (Å²) in [5, 5.41) is 13.6. The fourth-order valence-electron chi connectivity index (χ4n) is 4.49. The molecule has 2 bridgehead atoms. The minimum atomic E-state index is -0.662. The molecule has 2 heterocycles. The molecule has 0 saturated carbocycles. The van der Waals surface area contributed by atoms with E-state index in [1.165, 1.54) is 6.20 Å². The Morgan fingerprint density at radius 3 is 2.76 bits per heavy atom. The molecule has 0 saturated heterocycles. The van der Waals surface area contributed by atoms with Crippen LogP contribution in [0, 0.1) is 6.92 Å². The van der Waals surface area contributed by atoms with Gasteiger partial charge in [0.1, 0.15) is 30.5 Å². The molecule has 4 aromatic rings. The molecule has 210 valence electrons. The number of ether oxygens (including phenoxy) is 2. The number of nitrogens with zero attached hydrogens (tertiary/aromatic N) is 1. The third-order valence-corrected chi connectivity index (χ3v) is 7.13. The maximum atomic E-state index is 12.5. The molecule has 1 aliphatic rings. The summed E-state index contributed by atoms with van der Waals surface area (Å²) in [6.45, 7) is 6.37. The molecular formula is C32H30ClN3O5. The van der Waals surface area contributed by atoms with Gasteiger partial charge in [0.15, 0.2) is 0 Å². The summed E-state index contributed by atoms with van der Waals surface area (Å²) in [5.74, 6) is 0.389. The van der Waals surface area contributed by atoms with Gasteiger partial charge in [-0.1, -0.05) is 66.7 Å². The van der Waals surface area contributed by atoms with Gasteiger partial charge < -0.3 is 19.9 Å². The second-order valence-corrected chi connectivity index (χ2v) is 10.1. The zero-order chi connectivity index (χ0) is 28.8. The summed E-state index contributed by atoms with van der Waals surface area (Å²) in [4.78, 5) is 21.9. The van der Waals surface area contributed by atoms with Crippen molar-refractivity contribution in [3.8, 4) is 22.6 Å². The SMILES string of the molecule is C=C(O)[C@@H]1CONC(=O)c2cncc(c2)COc2cc(OCc3cccc(-c4ccccc4)c3C)c(Cl)cc2CN1. The van der Waals surface area contributed by atoms with E-state index < -0.39 is 11.9 Å². The number of amides is 1. The monoisotopic (exact) mass is 571 g/mol. The maximum Gasteiger partial charge on any atom is 0.276 e. The highest BCUT2D eigenvalue weighted by molar-refractivity contribution is 6.32. The highest BCUT2D eigenvalue weighted by Gasteiger charge is 2.18. The van der Waals surface area contributed by atoms with E-state index in [1.807, 2.05) is 30.3 Å². The molecule has 3 aromatic carbocycles. The average molecular weight is 572 g/mol. The van der Waals surface area contributed by atoms with E-state index in [-0.39, 0.29) is 25.5 Å². The summed E-state index contributed by atoms with van der Waals surface area (Å²) in [6.07, 6.45) is 3.06. The van der Waals surface area contributed by atoms with E-state index in [4.69, 9.17) is 25.9 Å². The zero-order valence-electron chi connectivity index (χ0n) is 22.5. The number of hydrogen-bond acceptors (Lipinski definition) is 7. The Morgan fingerprint density at radius 2 is 1.95 bits per heavy atom. The fourth-order valence-corrected chi connectivity index (χ4v) is 4.73. The predicted molar refractivity (Wildman–Crippen MR) is 157 cm³/mol. The van der Waals surface area contributed by atoms with Crippen LogP contribution in [0.1, 0.15) is 32.6 Å². The molecule has 0 radical (unpaired) electrons. The van der Waals surface area contributed by atoms with Crippen LogP contribution in [0.15, 0.2) is 91.5 Å². The first kappa shape index (κ1) is 28.2. The number of aromatic nitrogens is 1. The first-order chi connectivity index (χ1) is 19.9. The van der Waals surface area contributed by atoms with E-state index in [2.05, 4.69) is 47.5 Å². The zero-order valence-corrected chi connectivity index (χ0v) is 23.3. The summed E-state index contributed by atoms with van der Waals surface area (Å²) < 4.78 is 12.4. The molecule has 1 atom stereocenters. The molecule has 0 unspecified atom stereocenters. The number of hydroxylamine groups is 1. The highest BCUT2D eigenvalue weighted by Crippen LogP contribution is 2.35. The Balaban J connectivity index is 1.42. The van der Waals surface area contributed by atoms with Crippen LogP contribution in [0.3, 0.4) is 0 Å². The molecule has 0 aliphatic carbocycles. The molecule has 41 heavy (non-hydrogen) atoms. The number of hydrogen-bond donors (Lipinski definition) is 3. The average Bonchev–Trinajstić information content (AvgIpc) is 2.98. The number of carbonyl (C=O) groups excluding carboxylic acids is 1. The van der Waals surface area contributed by atoms with Crippen molar-refractivity contribution in [3.63, 3.8) is 0 Å². The van der Waals surface area contributed by atoms with Gasteiger partial charge in [-0.25, -0.2) is 5.48 Å². The number of nitrogens with one attached hydrogen (secondary N) is 2. The molecule has 8 nitrogen and oxygen atoms in total. The molecule has 3 N–H and O–H groups in total. The molecule has 1 aliphatic heterocycles. The van der Waals surface area contributed by atoms with Crippen LogP contribution in [0.4, 0.5) is 0 Å². The van der Waals surface area contributed by atoms with Crippen LogP contribution in [0.2, 0.25) is 5.02 Å². The Labute approximate surface area is 243 Å². The number of rotatable bonds is 5. The van der Waals surface area contributed by atoms with Gasteiger partial charge >= 0.3 is 0 Å². The van der Waals surface area contributed by atoms with Crippen molar-refractivity contribution in [3.05, 3.63) is 124 Å². The molecule has 5 rings (SSSR count). The topological polar surface area (TPSA) is 102 Å². The lowest BCUT2D eigenvalue weighted by atomic mass is 9.97. The van der Waals surface area contributed by atoms with Gasteiger partial charge in [-0.15, -0.1) is 0 Å². The first-order valence-electron chi connectivity index (χ1n) is 13.1. The highest BCUT2D eigenvalue weighted by atomic mass is 35.5. The van der Waals surface area contributed by atoms with Crippen molar-refractivity contribution >= 4 is 17.5 Å². The minimum Gasteiger partial charge on any atom is -0.511 e. The lowest BCUT2D eigenvalue weighted by molar-refractivity contribution is 0.0218. The quantitative estimate of drug-likeness (QED) is 0.250. The summed E-state index contributed by atoms with van der Waals surface area (Å²) >= 11 is 6.68. The molecular weight excluding hydrogens is 542 g/mol. The fraction of sp³-hybridized carbons (Fsp3) is 0.188. The molecule has 0 spiro atoms. The number of benzene rings is 3. The largest absolute Gasteiger partial charge is 0.511 e. The number of halogens is 1. The van der Waals surface area contributed by atoms with Crippen LogP contribution >= 0.6 is 11.6 Å². The van der Waals surface area contributed by atoms with Gasteiger partial charge in [-0.2, -0.15) is 0 Å². The van der Waals surface area contributed by atoms with Gasteiger partial charge in [0.2, 0.25) is 0 Å². The van der Waals surface area contributed by atoms with Gasteiger partial charge in [-0.05, 0) is 41.3 Å². The van der Waals surface area contributed by atoms with Gasteiger partial charge in [0.25, 0.3) is 5.91 Å². The van der Waals surface area contributed by atoms with Crippen molar-refractivity contribution in [2.75, 3.05) is 6.61 Å². The number of fused-ring (bicyclic) bond motifs is 3. The van der Waals surface area contributed by atoms with Crippen molar-refractivity contribution in [1.82, 2.24) is 15.8 Å². The standard InChI is InChI=1S/C32H30ClN3O5/c1-20-24(9-6-10-27(20)23-7-4-3-5-8-23)18-40-31-13-30-25(12-28(31)33)16-35-29(21(2)37)19-41-36-32(38)26-11-22(17-39-30)14-34-15-26/h3-15,29,35,37H,2,16-19H2,1H3,(H,36,38)/t29-/m0/s1. The number of pyridine rings is 1. The molecule has 1 amide bonds. The third-order valence-electron chi connectivity index (χ3n) is 6.84. The molecule has 0 fully saturated rings. The lowest BCUT2D eigenvalue weighted by Gasteiger charge is -2.21. The third kappa shape index (κ3) is 6.86. The second-order valence-electron chi connectivity index (χ2n) is 9.67.